The molecule has 1 aromatic rings. The van der Waals surface area contributed by atoms with Crippen molar-refractivity contribution in [3.63, 3.8) is 0 Å². The van der Waals surface area contributed by atoms with E-state index in [9.17, 15) is 9.59 Å². The molecule has 1 rings (SSSR count). The molecule has 0 unspecified atom stereocenters. The summed E-state index contributed by atoms with van der Waals surface area (Å²) in [5.41, 5.74) is 0. The number of amides is 1. The molecule has 6 heteroatoms. The summed E-state index contributed by atoms with van der Waals surface area (Å²) in [4.78, 5) is 25.1. The van der Waals surface area contributed by atoms with Crippen LogP contribution in [0.15, 0.2) is 24.3 Å². The van der Waals surface area contributed by atoms with Crippen LogP contribution in [0.3, 0.4) is 0 Å². The normalized spacial score (nSPS) is 10.3. The van der Waals surface area contributed by atoms with Crippen molar-refractivity contribution in [2.24, 2.45) is 5.92 Å². The average molecular weight is 323 g/mol. The van der Waals surface area contributed by atoms with E-state index >= 15 is 0 Å². The number of hydrogen-bond acceptors (Lipinski definition) is 5. The first-order valence-corrected chi connectivity index (χ1v) is 7.60. The van der Waals surface area contributed by atoms with Crippen LogP contribution in [-0.4, -0.2) is 50.7 Å². The third-order valence-corrected chi connectivity index (χ3v) is 3.31. The van der Waals surface area contributed by atoms with E-state index in [-0.39, 0.29) is 24.2 Å². The zero-order chi connectivity index (χ0) is 17.2. The lowest BCUT2D eigenvalue weighted by atomic mass is 10.2. The number of nitrogens with zero attached hydrogens (tertiary/aromatic N) is 1. The van der Waals surface area contributed by atoms with Gasteiger partial charge in [-0.1, -0.05) is 13.8 Å². The highest BCUT2D eigenvalue weighted by atomic mass is 16.5. The number of rotatable bonds is 9. The van der Waals surface area contributed by atoms with Gasteiger partial charge in [0.2, 0.25) is 5.91 Å². The maximum absolute atomic E-state index is 12.2. The Morgan fingerprint density at radius 3 is 2.17 bits per heavy atom. The molecule has 0 heterocycles. The highest BCUT2D eigenvalue weighted by molar-refractivity contribution is 5.79. The fraction of sp³-hybridized carbons (Fsp3) is 0.529. The lowest BCUT2D eigenvalue weighted by Gasteiger charge is -2.24. The molecule has 0 atom stereocenters. The summed E-state index contributed by atoms with van der Waals surface area (Å²) in [5, 5.41) is 0. The van der Waals surface area contributed by atoms with Crippen molar-refractivity contribution >= 4 is 11.9 Å². The molecule has 0 aliphatic heterocycles. The van der Waals surface area contributed by atoms with E-state index in [1.807, 2.05) is 38.1 Å². The molecule has 6 nitrogen and oxygen atoms in total. The van der Waals surface area contributed by atoms with Crippen molar-refractivity contribution in [2.75, 3.05) is 33.9 Å². The molecule has 0 aromatic heterocycles. The Labute approximate surface area is 137 Å². The van der Waals surface area contributed by atoms with Crippen LogP contribution in [0, 0.1) is 5.92 Å². The van der Waals surface area contributed by atoms with Gasteiger partial charge in [0.25, 0.3) is 0 Å². The van der Waals surface area contributed by atoms with Crippen LogP contribution >= 0.6 is 0 Å². The Morgan fingerprint density at radius 2 is 1.65 bits per heavy atom. The second-order valence-corrected chi connectivity index (χ2v) is 5.33. The topological polar surface area (TPSA) is 65.1 Å². The molecule has 0 aliphatic rings. The molecule has 0 saturated heterocycles. The highest BCUT2D eigenvalue weighted by Gasteiger charge is 2.18. The molecular formula is C17H25NO5. The molecule has 0 N–H and O–H groups in total. The number of hydrogen-bond donors (Lipinski definition) is 0. The average Bonchev–Trinajstić information content (AvgIpc) is 2.57. The van der Waals surface area contributed by atoms with Gasteiger partial charge in [-0.05, 0) is 24.3 Å². The van der Waals surface area contributed by atoms with Crippen LogP contribution in [0.2, 0.25) is 0 Å². The van der Waals surface area contributed by atoms with E-state index in [0.29, 0.717) is 25.4 Å². The first kappa shape index (κ1) is 18.8. The molecule has 0 saturated carbocycles. The van der Waals surface area contributed by atoms with Gasteiger partial charge in [0.05, 0.1) is 27.2 Å². The first-order valence-electron chi connectivity index (χ1n) is 7.60. The standard InChI is InChI=1S/C17H25NO5/c1-13(2)17(20)18(10-9-16(19)22-4)11-12-23-15-7-5-14(21-3)6-8-15/h5-8,13H,9-12H2,1-4H3. The van der Waals surface area contributed by atoms with Crippen molar-refractivity contribution in [3.8, 4) is 11.5 Å². The van der Waals surface area contributed by atoms with Crippen LogP contribution < -0.4 is 9.47 Å². The summed E-state index contributed by atoms with van der Waals surface area (Å²) >= 11 is 0. The van der Waals surface area contributed by atoms with E-state index in [1.54, 1.807) is 12.0 Å². The molecule has 23 heavy (non-hydrogen) atoms. The largest absolute Gasteiger partial charge is 0.497 e. The van der Waals surface area contributed by atoms with Gasteiger partial charge in [-0.3, -0.25) is 9.59 Å². The fourth-order valence-electron chi connectivity index (χ4n) is 1.97. The zero-order valence-corrected chi connectivity index (χ0v) is 14.2. The fourth-order valence-corrected chi connectivity index (χ4v) is 1.97. The lowest BCUT2D eigenvalue weighted by Crippen LogP contribution is -2.38. The molecule has 1 aromatic carbocycles. The smallest absolute Gasteiger partial charge is 0.307 e. The lowest BCUT2D eigenvalue weighted by molar-refractivity contribution is -0.142. The predicted octanol–water partition coefficient (Wildman–Crippen LogP) is 2.12. The van der Waals surface area contributed by atoms with Crippen molar-refractivity contribution in [3.05, 3.63) is 24.3 Å². The zero-order valence-electron chi connectivity index (χ0n) is 14.2. The maximum atomic E-state index is 12.2. The number of ether oxygens (including phenoxy) is 3. The summed E-state index contributed by atoms with van der Waals surface area (Å²) in [6.07, 6.45) is 0.178. The molecule has 0 fully saturated rings. The first-order chi connectivity index (χ1) is 11.0. The van der Waals surface area contributed by atoms with E-state index in [4.69, 9.17) is 9.47 Å². The minimum atomic E-state index is -0.331. The van der Waals surface area contributed by atoms with E-state index in [1.165, 1.54) is 7.11 Å². The Bertz CT molecular complexity index is 498. The van der Waals surface area contributed by atoms with Crippen molar-refractivity contribution < 1.29 is 23.8 Å². The number of methoxy groups -OCH3 is 2. The van der Waals surface area contributed by atoms with Gasteiger partial charge in [0.1, 0.15) is 18.1 Å². The molecular weight excluding hydrogens is 298 g/mol. The monoisotopic (exact) mass is 323 g/mol. The number of carbonyl (C=O) groups excluding carboxylic acids is 2. The van der Waals surface area contributed by atoms with Gasteiger partial charge in [-0.2, -0.15) is 0 Å². The molecule has 0 aliphatic carbocycles. The van der Waals surface area contributed by atoms with Crippen LogP contribution in [0.4, 0.5) is 0 Å². The SMILES string of the molecule is COC(=O)CCN(CCOc1ccc(OC)cc1)C(=O)C(C)C. The Hall–Kier alpha value is -2.24. The van der Waals surface area contributed by atoms with E-state index in [2.05, 4.69) is 4.74 Å². The Kier molecular flexibility index (Phi) is 7.94. The molecule has 0 bridgehead atoms. The van der Waals surface area contributed by atoms with Gasteiger partial charge in [-0.15, -0.1) is 0 Å². The third kappa shape index (κ3) is 6.59. The van der Waals surface area contributed by atoms with Crippen LogP contribution in [0.5, 0.6) is 11.5 Å². The second-order valence-electron chi connectivity index (χ2n) is 5.33. The summed E-state index contributed by atoms with van der Waals surface area (Å²) in [6.45, 7) is 4.76. The van der Waals surface area contributed by atoms with Crippen LogP contribution in [0.25, 0.3) is 0 Å². The van der Waals surface area contributed by atoms with Gasteiger partial charge < -0.3 is 19.1 Å². The highest BCUT2D eigenvalue weighted by Crippen LogP contribution is 2.17. The van der Waals surface area contributed by atoms with Crippen molar-refractivity contribution in [1.29, 1.82) is 0 Å². The second kappa shape index (κ2) is 9.71. The molecule has 128 valence electrons. The number of carbonyl (C=O) groups is 2. The minimum absolute atomic E-state index is 0.00719. The predicted molar refractivity (Wildman–Crippen MR) is 86.5 cm³/mol. The van der Waals surface area contributed by atoms with Gasteiger partial charge in [0.15, 0.2) is 0 Å². The molecule has 0 radical (unpaired) electrons. The van der Waals surface area contributed by atoms with E-state index in [0.717, 1.165) is 5.75 Å². The Balaban J connectivity index is 2.51. The molecule has 0 spiro atoms. The maximum Gasteiger partial charge on any atom is 0.307 e. The Morgan fingerprint density at radius 1 is 1.04 bits per heavy atom. The summed E-state index contributed by atoms with van der Waals surface area (Å²) in [7, 11) is 2.94. The summed E-state index contributed by atoms with van der Waals surface area (Å²) < 4.78 is 15.3. The van der Waals surface area contributed by atoms with Crippen molar-refractivity contribution in [2.45, 2.75) is 20.3 Å². The van der Waals surface area contributed by atoms with Gasteiger partial charge in [-0.25, -0.2) is 0 Å². The minimum Gasteiger partial charge on any atom is -0.497 e. The molecule has 1 amide bonds. The van der Waals surface area contributed by atoms with Gasteiger partial charge >= 0.3 is 5.97 Å². The van der Waals surface area contributed by atoms with Gasteiger partial charge in [0, 0.05) is 12.5 Å². The van der Waals surface area contributed by atoms with Crippen LogP contribution in [0.1, 0.15) is 20.3 Å². The number of esters is 1. The van der Waals surface area contributed by atoms with E-state index < -0.39 is 0 Å². The summed E-state index contributed by atoms with van der Waals surface area (Å²) in [5.74, 6) is 0.992. The third-order valence-electron chi connectivity index (χ3n) is 3.31. The van der Waals surface area contributed by atoms with Crippen LogP contribution in [-0.2, 0) is 14.3 Å². The summed E-state index contributed by atoms with van der Waals surface area (Å²) in [6, 6.07) is 7.23. The van der Waals surface area contributed by atoms with Crippen molar-refractivity contribution in [1.82, 2.24) is 4.90 Å². The quantitative estimate of drug-likeness (QED) is 0.651. The number of benzene rings is 1.